The maximum atomic E-state index is 13.4. The smallest absolute Gasteiger partial charge is 0.231 e. The molecule has 0 spiro atoms. The Bertz CT molecular complexity index is 885. The molecule has 2 aliphatic rings. The van der Waals surface area contributed by atoms with Gasteiger partial charge in [-0.3, -0.25) is 4.79 Å². The van der Waals surface area contributed by atoms with Crippen LogP contribution < -0.4 is 16.9 Å². The molecule has 0 bridgehead atoms. The second-order valence-electron chi connectivity index (χ2n) is 8.12. The maximum absolute atomic E-state index is 13.4. The Balaban J connectivity index is 1.55. The lowest BCUT2D eigenvalue weighted by Crippen LogP contribution is -2.42. The first-order valence-electron chi connectivity index (χ1n) is 10.3. The Morgan fingerprint density at radius 2 is 1.83 bits per heavy atom. The number of amidine groups is 1. The summed E-state index contributed by atoms with van der Waals surface area (Å²) in [7, 11) is 0. The van der Waals surface area contributed by atoms with Crippen LogP contribution in [0.2, 0.25) is 0 Å². The van der Waals surface area contributed by atoms with Crippen molar-refractivity contribution in [1.82, 2.24) is 10.2 Å². The van der Waals surface area contributed by atoms with E-state index in [1.807, 2.05) is 42.5 Å². The summed E-state index contributed by atoms with van der Waals surface area (Å²) in [6.45, 7) is 3.05. The van der Waals surface area contributed by atoms with Crippen molar-refractivity contribution in [3.05, 3.63) is 71.3 Å². The minimum Gasteiger partial charge on any atom is -0.382 e. The topological polar surface area (TPSA) is 96.7 Å². The van der Waals surface area contributed by atoms with E-state index in [2.05, 4.69) is 27.5 Å². The van der Waals surface area contributed by atoms with Crippen LogP contribution in [0, 0.1) is 0 Å². The van der Waals surface area contributed by atoms with Crippen LogP contribution in [0.15, 0.2) is 59.7 Å². The van der Waals surface area contributed by atoms with E-state index in [1.165, 1.54) is 12.8 Å². The van der Waals surface area contributed by atoms with Gasteiger partial charge in [0.2, 0.25) is 5.91 Å². The predicted molar refractivity (Wildman–Crippen MR) is 115 cm³/mol. The van der Waals surface area contributed by atoms with E-state index < -0.39 is 5.41 Å². The quantitative estimate of drug-likeness (QED) is 0.292. The Kier molecular flexibility index (Phi) is 5.53. The minimum atomic E-state index is -0.483. The van der Waals surface area contributed by atoms with Crippen molar-refractivity contribution in [2.24, 2.45) is 16.7 Å². The molecule has 2 aromatic carbocycles. The monoisotopic (exact) mass is 391 g/mol. The molecule has 5 N–H and O–H groups in total. The highest BCUT2D eigenvalue weighted by molar-refractivity contribution is 5.98. The summed E-state index contributed by atoms with van der Waals surface area (Å²) >= 11 is 0. The van der Waals surface area contributed by atoms with Gasteiger partial charge < -0.3 is 21.8 Å². The number of benzene rings is 2. The summed E-state index contributed by atoms with van der Waals surface area (Å²) in [5.74, 6) is 5.69. The molecule has 6 nitrogen and oxygen atoms in total. The lowest BCUT2D eigenvalue weighted by atomic mass is 9.92. The first-order chi connectivity index (χ1) is 14.1. The summed E-state index contributed by atoms with van der Waals surface area (Å²) < 4.78 is 0. The molecule has 0 aromatic heterocycles. The number of rotatable bonds is 7. The van der Waals surface area contributed by atoms with Gasteiger partial charge in [-0.05, 0) is 56.0 Å². The van der Waals surface area contributed by atoms with Crippen molar-refractivity contribution in [3.8, 4) is 0 Å². The van der Waals surface area contributed by atoms with Crippen LogP contribution >= 0.6 is 0 Å². The molecule has 1 saturated heterocycles. The number of carbonyl (C=O) groups excluding carboxylic acids is 1. The molecule has 1 aliphatic heterocycles. The van der Waals surface area contributed by atoms with Gasteiger partial charge in [-0.15, -0.1) is 0 Å². The van der Waals surface area contributed by atoms with Crippen LogP contribution in [0.25, 0.3) is 0 Å². The van der Waals surface area contributed by atoms with E-state index in [9.17, 15) is 4.79 Å². The molecule has 1 amide bonds. The molecule has 1 heterocycles. The second kappa shape index (κ2) is 8.25. The molecule has 1 saturated carbocycles. The van der Waals surface area contributed by atoms with Gasteiger partial charge in [-0.25, -0.2) is 0 Å². The highest BCUT2D eigenvalue weighted by atomic mass is 16.2. The van der Waals surface area contributed by atoms with Crippen LogP contribution in [0.1, 0.15) is 48.4 Å². The van der Waals surface area contributed by atoms with Crippen molar-refractivity contribution in [1.29, 1.82) is 0 Å². The Hall–Kier alpha value is -2.86. The molecule has 29 heavy (non-hydrogen) atoms. The van der Waals surface area contributed by atoms with Gasteiger partial charge in [0, 0.05) is 12.1 Å². The predicted octanol–water partition coefficient (Wildman–Crippen LogP) is 2.25. The number of amides is 1. The third-order valence-electron chi connectivity index (χ3n) is 6.18. The lowest BCUT2D eigenvalue weighted by molar-refractivity contribution is -0.124. The number of hydrogen-bond donors (Lipinski definition) is 3. The average Bonchev–Trinajstić information content (AvgIpc) is 3.43. The number of hydrazone groups is 1. The molecule has 1 atom stereocenters. The fourth-order valence-electron chi connectivity index (χ4n) is 4.26. The molecule has 1 aliphatic carbocycles. The van der Waals surface area contributed by atoms with Crippen molar-refractivity contribution in [2.45, 2.75) is 37.1 Å². The normalized spacial score (nSPS) is 19.7. The van der Waals surface area contributed by atoms with Gasteiger partial charge in [0.25, 0.3) is 0 Å². The summed E-state index contributed by atoms with van der Waals surface area (Å²) in [5.41, 5.74) is 8.27. The van der Waals surface area contributed by atoms with Crippen molar-refractivity contribution >= 4 is 11.7 Å². The summed E-state index contributed by atoms with van der Waals surface area (Å²) in [6.07, 6.45) is 4.15. The second-order valence-corrected chi connectivity index (χ2v) is 8.12. The number of nitrogens with one attached hydrogen (secondary N) is 1. The standard InChI is InChI=1S/C23H29N5O/c24-21(27-25)18-9-6-10-19(15-18)23(11-12-23)22(29)26-20(16-28-13-4-5-14-28)17-7-2-1-3-8-17/h1-3,6-10,15,20H,4-5,11-14,16,25H2,(H2,24,27)(H,26,29). The van der Waals surface area contributed by atoms with Crippen molar-refractivity contribution < 1.29 is 4.79 Å². The first kappa shape index (κ1) is 19.5. The Morgan fingerprint density at radius 1 is 1.10 bits per heavy atom. The molecule has 1 unspecified atom stereocenters. The van der Waals surface area contributed by atoms with Crippen LogP contribution in [0.4, 0.5) is 0 Å². The third-order valence-corrected chi connectivity index (χ3v) is 6.18. The molecule has 2 aromatic rings. The molecular weight excluding hydrogens is 362 g/mol. The maximum Gasteiger partial charge on any atom is 0.231 e. The molecule has 6 heteroatoms. The van der Waals surface area contributed by atoms with Gasteiger partial charge >= 0.3 is 0 Å². The molecule has 4 rings (SSSR count). The van der Waals surface area contributed by atoms with Gasteiger partial charge in [0.1, 0.15) is 5.84 Å². The SMILES string of the molecule is N/N=C(\N)c1cccc(C2(C(=O)NC(CN3CCCC3)c3ccccc3)CC2)c1. The largest absolute Gasteiger partial charge is 0.382 e. The van der Waals surface area contributed by atoms with E-state index in [4.69, 9.17) is 11.6 Å². The third kappa shape index (κ3) is 4.12. The van der Waals surface area contributed by atoms with Crippen molar-refractivity contribution in [2.75, 3.05) is 19.6 Å². The zero-order valence-electron chi connectivity index (χ0n) is 16.7. The summed E-state index contributed by atoms with van der Waals surface area (Å²) in [5, 5.41) is 6.94. The van der Waals surface area contributed by atoms with Crippen LogP contribution in [0.3, 0.4) is 0 Å². The molecule has 152 valence electrons. The first-order valence-corrected chi connectivity index (χ1v) is 10.3. The molecule has 2 fully saturated rings. The zero-order valence-corrected chi connectivity index (χ0v) is 16.7. The van der Waals surface area contributed by atoms with Gasteiger partial charge in [-0.2, -0.15) is 5.10 Å². The summed E-state index contributed by atoms with van der Waals surface area (Å²) in [4.78, 5) is 15.9. The lowest BCUT2D eigenvalue weighted by Gasteiger charge is -2.27. The van der Waals surface area contributed by atoms with Crippen LogP contribution in [-0.2, 0) is 10.2 Å². The van der Waals surface area contributed by atoms with E-state index in [-0.39, 0.29) is 17.8 Å². The fourth-order valence-corrected chi connectivity index (χ4v) is 4.26. The number of likely N-dealkylation sites (tertiary alicyclic amines) is 1. The summed E-state index contributed by atoms with van der Waals surface area (Å²) in [6, 6.07) is 18.0. The van der Waals surface area contributed by atoms with E-state index in [0.29, 0.717) is 0 Å². The number of nitrogens with zero attached hydrogens (tertiary/aromatic N) is 2. The zero-order chi connectivity index (χ0) is 20.3. The Morgan fingerprint density at radius 3 is 2.48 bits per heavy atom. The average molecular weight is 392 g/mol. The number of carbonyl (C=O) groups is 1. The van der Waals surface area contributed by atoms with Crippen LogP contribution in [-0.4, -0.2) is 36.3 Å². The highest BCUT2D eigenvalue weighted by Gasteiger charge is 2.51. The van der Waals surface area contributed by atoms with E-state index >= 15 is 0 Å². The van der Waals surface area contributed by atoms with Crippen molar-refractivity contribution in [3.63, 3.8) is 0 Å². The van der Waals surface area contributed by atoms with Gasteiger partial charge in [0.05, 0.1) is 11.5 Å². The van der Waals surface area contributed by atoms with Gasteiger partial charge in [-0.1, -0.05) is 48.5 Å². The highest BCUT2D eigenvalue weighted by Crippen LogP contribution is 2.49. The molecular formula is C23H29N5O. The number of hydrogen-bond acceptors (Lipinski definition) is 4. The minimum absolute atomic E-state index is 0.0156. The van der Waals surface area contributed by atoms with E-state index in [0.717, 1.165) is 49.2 Å². The number of nitrogens with two attached hydrogens (primary N) is 2. The van der Waals surface area contributed by atoms with Gasteiger partial charge in [0.15, 0.2) is 0 Å². The van der Waals surface area contributed by atoms with E-state index in [1.54, 1.807) is 0 Å². The van der Waals surface area contributed by atoms with Crippen LogP contribution in [0.5, 0.6) is 0 Å². The fraction of sp³-hybridized carbons (Fsp3) is 0.391. The Labute approximate surface area is 172 Å². The molecule has 0 radical (unpaired) electrons.